The molecule has 1 aliphatic heterocycles. The fourth-order valence-corrected chi connectivity index (χ4v) is 3.99. The van der Waals surface area contributed by atoms with Gasteiger partial charge in [-0.15, -0.1) is 0 Å². The lowest BCUT2D eigenvalue weighted by Gasteiger charge is -2.25. The Bertz CT molecular complexity index is 1350. The molecule has 2 aromatic carbocycles. The quantitative estimate of drug-likeness (QED) is 0.365. The lowest BCUT2D eigenvalue weighted by atomic mass is 9.94. The van der Waals surface area contributed by atoms with Crippen LogP contribution < -0.4 is 4.74 Å². The Kier molecular flexibility index (Phi) is 6.17. The molecular weight excluding hydrogens is 444 g/mol. The van der Waals surface area contributed by atoms with Crippen LogP contribution in [0.1, 0.15) is 11.5 Å². The first-order chi connectivity index (χ1) is 17.1. The number of imide groups is 1. The van der Waals surface area contributed by atoms with Crippen molar-refractivity contribution in [3.63, 3.8) is 0 Å². The van der Waals surface area contributed by atoms with Gasteiger partial charge in [-0.05, 0) is 35.9 Å². The molecule has 8 nitrogen and oxygen atoms in total. The van der Waals surface area contributed by atoms with Gasteiger partial charge in [-0.1, -0.05) is 66.4 Å². The maximum Gasteiger partial charge on any atom is 0.501 e. The first kappa shape index (κ1) is 22.2. The number of amides is 3. The smallest absolute Gasteiger partial charge is 0.489 e. The first-order valence-corrected chi connectivity index (χ1v) is 11.2. The first-order valence-electron chi connectivity index (χ1n) is 11.2. The highest BCUT2D eigenvalue weighted by Crippen LogP contribution is 2.23. The Balaban J connectivity index is 1.32. The molecule has 8 heteroatoms. The number of urea groups is 1. The second-order valence-corrected chi connectivity index (χ2v) is 8.06. The van der Waals surface area contributed by atoms with Crippen molar-refractivity contribution in [2.45, 2.75) is 13.2 Å². The van der Waals surface area contributed by atoms with E-state index in [1.807, 2.05) is 54.6 Å². The van der Waals surface area contributed by atoms with Crippen LogP contribution in [0, 0.1) is 5.92 Å². The highest BCUT2D eigenvalue weighted by atomic mass is 16.5. The van der Waals surface area contributed by atoms with Gasteiger partial charge in [0.1, 0.15) is 30.5 Å². The lowest BCUT2D eigenvalue weighted by Crippen LogP contribution is -2.54. The van der Waals surface area contributed by atoms with Crippen molar-refractivity contribution in [1.82, 2.24) is 15.0 Å². The van der Waals surface area contributed by atoms with Crippen LogP contribution >= 0.6 is 0 Å². The van der Waals surface area contributed by atoms with Crippen molar-refractivity contribution in [2.75, 3.05) is 6.54 Å². The van der Waals surface area contributed by atoms with Gasteiger partial charge in [-0.25, -0.2) is 4.79 Å². The summed E-state index contributed by atoms with van der Waals surface area (Å²) in [6, 6.07) is 16.9. The third kappa shape index (κ3) is 4.59. The molecule has 0 spiro atoms. The van der Waals surface area contributed by atoms with E-state index < -0.39 is 11.9 Å². The predicted molar refractivity (Wildman–Crippen MR) is 129 cm³/mol. The number of ether oxygens (including phenoxy) is 1. The zero-order valence-electron chi connectivity index (χ0n) is 18.9. The van der Waals surface area contributed by atoms with Gasteiger partial charge in [0.25, 0.3) is 5.89 Å². The molecule has 0 fully saturated rings. The summed E-state index contributed by atoms with van der Waals surface area (Å²) in [5.41, 5.74) is 2.43. The van der Waals surface area contributed by atoms with Crippen molar-refractivity contribution >= 4 is 17.6 Å². The SMILES string of the molecule is C=CCN1C(=O)C2C=CC=CC2=[N+](Cc2nc(-c3ccc(OCc4ccccc4)cc3)no2)C1=O. The second-order valence-electron chi connectivity index (χ2n) is 8.06. The molecule has 1 aromatic heterocycles. The summed E-state index contributed by atoms with van der Waals surface area (Å²) in [7, 11) is 0. The summed E-state index contributed by atoms with van der Waals surface area (Å²) in [6.07, 6.45) is 8.65. The van der Waals surface area contributed by atoms with E-state index in [4.69, 9.17) is 9.26 Å². The van der Waals surface area contributed by atoms with Crippen molar-refractivity contribution in [1.29, 1.82) is 0 Å². The van der Waals surface area contributed by atoms with E-state index in [1.165, 1.54) is 15.6 Å². The van der Waals surface area contributed by atoms with Crippen LogP contribution in [0.4, 0.5) is 4.79 Å². The number of hydrogen-bond acceptors (Lipinski definition) is 6. The number of carbonyl (C=O) groups excluding carboxylic acids is 2. The van der Waals surface area contributed by atoms with Crippen molar-refractivity contribution in [3.8, 4) is 17.1 Å². The van der Waals surface area contributed by atoms with E-state index in [2.05, 4.69) is 16.7 Å². The number of aromatic nitrogens is 2. The van der Waals surface area contributed by atoms with Crippen molar-refractivity contribution in [2.24, 2.45) is 5.92 Å². The van der Waals surface area contributed by atoms with Crippen LogP contribution in [0.2, 0.25) is 0 Å². The van der Waals surface area contributed by atoms with E-state index in [0.29, 0.717) is 18.1 Å². The normalized spacial score (nSPS) is 17.0. The number of fused-ring (bicyclic) bond motifs is 1. The molecule has 35 heavy (non-hydrogen) atoms. The second kappa shape index (κ2) is 9.72. The average Bonchev–Trinajstić information content (AvgIpc) is 3.37. The molecule has 0 saturated heterocycles. The van der Waals surface area contributed by atoms with Crippen molar-refractivity contribution < 1.29 is 23.4 Å². The number of rotatable bonds is 8. The summed E-state index contributed by atoms with van der Waals surface area (Å²) >= 11 is 0. The molecule has 2 aliphatic rings. The molecule has 1 unspecified atom stereocenters. The van der Waals surface area contributed by atoms with Gasteiger partial charge in [0.15, 0.2) is 6.54 Å². The Morgan fingerprint density at radius 3 is 2.66 bits per heavy atom. The maximum absolute atomic E-state index is 13.1. The predicted octanol–water partition coefficient (Wildman–Crippen LogP) is 4.16. The molecule has 3 amide bonds. The largest absolute Gasteiger partial charge is 0.501 e. The third-order valence-corrected chi connectivity index (χ3v) is 5.74. The van der Waals surface area contributed by atoms with Crippen LogP contribution in [-0.2, 0) is 17.9 Å². The molecule has 3 aromatic rings. The molecule has 5 rings (SSSR count). The summed E-state index contributed by atoms with van der Waals surface area (Å²) in [6.45, 7) is 4.31. The summed E-state index contributed by atoms with van der Waals surface area (Å²) in [4.78, 5) is 31.5. The third-order valence-electron chi connectivity index (χ3n) is 5.74. The number of carbonyl (C=O) groups is 2. The van der Waals surface area contributed by atoms with Crippen LogP contribution in [0.25, 0.3) is 11.4 Å². The van der Waals surface area contributed by atoms with Gasteiger partial charge in [-0.2, -0.15) is 19.3 Å². The Hall–Kier alpha value is -4.59. The molecule has 0 bridgehead atoms. The van der Waals surface area contributed by atoms with Gasteiger partial charge in [0.2, 0.25) is 5.82 Å². The summed E-state index contributed by atoms with van der Waals surface area (Å²) in [5.74, 6) is 0.580. The van der Waals surface area contributed by atoms with E-state index in [9.17, 15) is 9.59 Å². The Labute approximate surface area is 202 Å². The highest BCUT2D eigenvalue weighted by Gasteiger charge is 2.46. The number of allylic oxidation sites excluding steroid dienone is 3. The van der Waals surface area contributed by atoms with E-state index in [0.717, 1.165) is 16.9 Å². The molecule has 2 heterocycles. The fraction of sp³-hybridized carbons (Fsp3) is 0.148. The molecule has 0 radical (unpaired) electrons. The molecular formula is C27H23N4O4+. The van der Waals surface area contributed by atoms with E-state index in [1.54, 1.807) is 24.3 Å². The maximum atomic E-state index is 13.1. The summed E-state index contributed by atoms with van der Waals surface area (Å²) in [5, 5.41) is 4.07. The molecule has 174 valence electrons. The standard InChI is InChI=1S/C27H23N4O4/c1-2-16-30-26(32)22-10-6-7-11-23(22)31(27(30)33)17-24-28-25(29-35-24)20-12-14-21(15-13-20)34-18-19-8-4-3-5-9-19/h2-15,22H,1,16-18H2/q+1. The zero-order valence-corrected chi connectivity index (χ0v) is 18.9. The molecule has 0 N–H and O–H groups in total. The fourth-order valence-electron chi connectivity index (χ4n) is 3.99. The minimum absolute atomic E-state index is 0.0506. The topological polar surface area (TPSA) is 88.5 Å². The minimum Gasteiger partial charge on any atom is -0.489 e. The highest BCUT2D eigenvalue weighted by molar-refractivity contribution is 6.16. The van der Waals surface area contributed by atoms with Gasteiger partial charge in [0, 0.05) is 5.56 Å². The molecule has 1 atom stereocenters. The van der Waals surface area contributed by atoms with Gasteiger partial charge < -0.3 is 9.26 Å². The molecule has 1 aliphatic carbocycles. The Morgan fingerprint density at radius 1 is 1.09 bits per heavy atom. The van der Waals surface area contributed by atoms with E-state index in [-0.39, 0.29) is 24.9 Å². The molecule has 0 saturated carbocycles. The van der Waals surface area contributed by atoms with Crippen molar-refractivity contribution in [3.05, 3.63) is 103 Å². The number of nitrogens with zero attached hydrogens (tertiary/aromatic N) is 4. The average molecular weight is 468 g/mol. The monoisotopic (exact) mass is 467 g/mol. The Morgan fingerprint density at radius 2 is 1.89 bits per heavy atom. The van der Waals surface area contributed by atoms with Gasteiger partial charge >= 0.3 is 11.9 Å². The van der Waals surface area contributed by atoms with Crippen LogP contribution in [0.15, 0.2) is 96.1 Å². The number of hydrogen-bond donors (Lipinski definition) is 0. The zero-order chi connectivity index (χ0) is 24.2. The van der Waals surface area contributed by atoms with Crippen LogP contribution in [0.3, 0.4) is 0 Å². The van der Waals surface area contributed by atoms with Gasteiger partial charge in [0.05, 0.1) is 0 Å². The van der Waals surface area contributed by atoms with Gasteiger partial charge in [-0.3, -0.25) is 0 Å². The lowest BCUT2D eigenvalue weighted by molar-refractivity contribution is -0.459. The minimum atomic E-state index is -0.538. The van der Waals surface area contributed by atoms with Crippen LogP contribution in [-0.4, -0.2) is 43.8 Å². The van der Waals surface area contributed by atoms with Crippen LogP contribution in [0.5, 0.6) is 5.75 Å². The number of benzene rings is 2. The van der Waals surface area contributed by atoms with E-state index >= 15 is 0 Å². The summed E-state index contributed by atoms with van der Waals surface area (Å²) < 4.78 is 12.8.